The highest BCUT2D eigenvalue weighted by molar-refractivity contribution is 6.25. The van der Waals surface area contributed by atoms with Gasteiger partial charge >= 0.3 is 0 Å². The van der Waals surface area contributed by atoms with E-state index >= 15 is 0 Å². The van der Waals surface area contributed by atoms with Crippen molar-refractivity contribution in [3.8, 4) is 0 Å². The molecule has 0 amide bonds. The minimum Gasteiger partial charge on any atom is -0.511 e. The first-order chi connectivity index (χ1) is 32.8. The van der Waals surface area contributed by atoms with Crippen LogP contribution in [0.25, 0.3) is 0 Å². The molecule has 8 nitrogen and oxygen atoms in total. The van der Waals surface area contributed by atoms with Crippen LogP contribution in [0.2, 0.25) is 0 Å². The average molecular weight is 965 g/mol. The van der Waals surface area contributed by atoms with Crippen LogP contribution in [-0.4, -0.2) is 43.6 Å². The number of ketones is 4. The Morgan fingerprint density at radius 3 is 1.20 bits per heavy atom. The van der Waals surface area contributed by atoms with Crippen LogP contribution in [0, 0.1) is 60.2 Å². The summed E-state index contributed by atoms with van der Waals surface area (Å²) in [4.78, 5) is 55.1. The van der Waals surface area contributed by atoms with E-state index in [0.29, 0.717) is 98.0 Å². The van der Waals surface area contributed by atoms with Gasteiger partial charge < -0.3 is 20.4 Å². The first-order valence-electron chi connectivity index (χ1n) is 26.8. The SMILES string of the molecule is Cc1cccc(CCC(=O)C2=C(O)C(CCC(C)C)=C(O)C(CCC(C)C)(CCC(C)C)C2=O)c1.Cc1ccccc1CCC(=O)C1=C(O)C(CCC(C)C)=C(O)C(CCC(C)C)(CCC(C)C)C1=O. The van der Waals surface area contributed by atoms with Crippen LogP contribution in [0.1, 0.15) is 195 Å². The lowest BCUT2D eigenvalue weighted by atomic mass is 9.64. The quantitative estimate of drug-likeness (QED) is 0.0681. The second-order valence-electron chi connectivity index (χ2n) is 23.3. The van der Waals surface area contributed by atoms with Gasteiger partial charge in [-0.1, -0.05) is 137 Å². The van der Waals surface area contributed by atoms with E-state index in [-0.39, 0.29) is 58.6 Å². The van der Waals surface area contributed by atoms with Crippen molar-refractivity contribution >= 4 is 23.1 Å². The fourth-order valence-electron chi connectivity index (χ4n) is 9.70. The smallest absolute Gasteiger partial charge is 0.183 e. The van der Waals surface area contributed by atoms with Gasteiger partial charge in [-0.25, -0.2) is 0 Å². The number of aryl methyl sites for hydroxylation is 4. The monoisotopic (exact) mass is 965 g/mol. The Morgan fingerprint density at radius 2 is 0.843 bits per heavy atom. The Bertz CT molecular complexity index is 2210. The molecule has 2 aromatic rings. The van der Waals surface area contributed by atoms with E-state index in [0.717, 1.165) is 60.8 Å². The largest absolute Gasteiger partial charge is 0.511 e. The molecule has 2 aliphatic carbocycles. The van der Waals surface area contributed by atoms with E-state index in [1.54, 1.807) is 0 Å². The fourth-order valence-corrected chi connectivity index (χ4v) is 9.70. The van der Waals surface area contributed by atoms with Crippen molar-refractivity contribution in [2.45, 2.75) is 200 Å². The lowest BCUT2D eigenvalue weighted by Gasteiger charge is -2.38. The van der Waals surface area contributed by atoms with E-state index in [9.17, 15) is 39.6 Å². The number of allylic oxidation sites excluding steroid dienone is 6. The molecule has 0 fully saturated rings. The lowest BCUT2D eigenvalue weighted by molar-refractivity contribution is -0.131. The molecule has 0 bridgehead atoms. The van der Waals surface area contributed by atoms with Crippen LogP contribution in [0.15, 0.2) is 93.9 Å². The average Bonchev–Trinajstić information content (AvgIpc) is 3.27. The maximum atomic E-state index is 14.1. The Morgan fingerprint density at radius 1 is 0.471 bits per heavy atom. The standard InChI is InChI=1S/2C31H46O4/c1-20(2)11-13-25-28(33)27(26(32)14-12-24-10-8-9-23(7)19-24)30(35)31(29(25)34,17-15-21(3)4)18-16-22(5)6;1-20(2)12-14-25-28(33)27(26(32)15-13-24-11-9-8-10-23(24)7)30(35)31(29(25)34,18-16-21(3)4)19-17-22(5)6/h8-10,19-22,33-34H,11-18H2,1-7H3;8-11,20-22,33-34H,12-19H2,1-7H3. The van der Waals surface area contributed by atoms with Gasteiger partial charge in [0.25, 0.3) is 0 Å². The molecule has 8 heteroatoms. The van der Waals surface area contributed by atoms with E-state index in [2.05, 4.69) is 83.1 Å². The molecule has 0 heterocycles. The van der Waals surface area contributed by atoms with Gasteiger partial charge in [0, 0.05) is 24.0 Å². The molecule has 0 spiro atoms. The minimum absolute atomic E-state index is 0.00240. The maximum Gasteiger partial charge on any atom is 0.183 e. The number of carbonyl (C=O) groups is 4. The summed E-state index contributed by atoms with van der Waals surface area (Å²) >= 11 is 0. The molecule has 0 aromatic heterocycles. The highest BCUT2D eigenvalue weighted by Gasteiger charge is 2.52. The Balaban J connectivity index is 0.000000370. The lowest BCUT2D eigenvalue weighted by Crippen LogP contribution is -2.41. The summed E-state index contributed by atoms with van der Waals surface area (Å²) in [5.74, 6) is 0.0869. The normalized spacial score (nSPS) is 16.2. The zero-order valence-corrected chi connectivity index (χ0v) is 45.8. The van der Waals surface area contributed by atoms with Gasteiger partial charge in [0.05, 0.1) is 10.8 Å². The van der Waals surface area contributed by atoms with E-state index in [1.165, 1.54) is 0 Å². The first-order valence-corrected chi connectivity index (χ1v) is 26.8. The second kappa shape index (κ2) is 27.2. The third-order valence-corrected chi connectivity index (χ3v) is 14.5. The number of aliphatic hydroxyl groups is 4. The van der Waals surface area contributed by atoms with Crippen LogP contribution < -0.4 is 0 Å². The van der Waals surface area contributed by atoms with Gasteiger partial charge in [0.1, 0.15) is 34.2 Å². The van der Waals surface area contributed by atoms with Crippen LogP contribution >= 0.6 is 0 Å². The van der Waals surface area contributed by atoms with Gasteiger partial charge in [-0.05, 0) is 156 Å². The highest BCUT2D eigenvalue weighted by atomic mass is 16.3. The number of hydrogen-bond acceptors (Lipinski definition) is 8. The van der Waals surface area contributed by atoms with Crippen molar-refractivity contribution in [2.75, 3.05) is 0 Å². The second-order valence-corrected chi connectivity index (χ2v) is 23.3. The molecule has 2 aliphatic rings. The molecule has 70 heavy (non-hydrogen) atoms. The summed E-state index contributed by atoms with van der Waals surface area (Å²) < 4.78 is 0. The molecule has 4 rings (SSSR count). The van der Waals surface area contributed by atoms with Crippen LogP contribution in [0.5, 0.6) is 0 Å². The topological polar surface area (TPSA) is 149 Å². The number of hydrogen-bond donors (Lipinski definition) is 4. The number of carbonyl (C=O) groups excluding carboxylic acids is 4. The number of Topliss-reactive ketones (excluding diaryl/α,β-unsaturated/α-hetero) is 4. The molecule has 4 N–H and O–H groups in total. The van der Waals surface area contributed by atoms with Gasteiger partial charge in [-0.2, -0.15) is 0 Å². The molecule has 0 saturated carbocycles. The van der Waals surface area contributed by atoms with Gasteiger partial charge in [-0.3, -0.25) is 19.2 Å². The van der Waals surface area contributed by atoms with E-state index in [4.69, 9.17) is 0 Å². The zero-order valence-electron chi connectivity index (χ0n) is 45.8. The van der Waals surface area contributed by atoms with Crippen LogP contribution in [0.3, 0.4) is 0 Å². The van der Waals surface area contributed by atoms with Crippen molar-refractivity contribution in [1.82, 2.24) is 0 Å². The van der Waals surface area contributed by atoms with Crippen molar-refractivity contribution in [3.05, 3.63) is 116 Å². The molecule has 0 atom stereocenters. The predicted octanol–water partition coefficient (Wildman–Crippen LogP) is 16.0. The number of aliphatic hydroxyl groups excluding tert-OH is 4. The molecule has 388 valence electrons. The molecule has 0 radical (unpaired) electrons. The summed E-state index contributed by atoms with van der Waals surface area (Å²) in [6, 6.07) is 15.9. The predicted molar refractivity (Wildman–Crippen MR) is 287 cm³/mol. The van der Waals surface area contributed by atoms with E-state index in [1.807, 2.05) is 62.4 Å². The van der Waals surface area contributed by atoms with Crippen molar-refractivity contribution in [2.24, 2.45) is 46.3 Å². The fraction of sp³-hybridized carbons (Fsp3) is 0.613. The van der Waals surface area contributed by atoms with E-state index < -0.39 is 22.4 Å². The maximum absolute atomic E-state index is 14.1. The van der Waals surface area contributed by atoms with Crippen molar-refractivity contribution in [3.63, 3.8) is 0 Å². The summed E-state index contributed by atoms with van der Waals surface area (Å²) in [5, 5.41) is 45.5. The summed E-state index contributed by atoms with van der Waals surface area (Å²) in [6.45, 7) is 29.2. The number of benzene rings is 2. The van der Waals surface area contributed by atoms with Gasteiger partial charge in [-0.15, -0.1) is 0 Å². The molecular formula is C62H92O8. The first kappa shape index (κ1) is 59.6. The minimum atomic E-state index is -1.14. The third-order valence-electron chi connectivity index (χ3n) is 14.5. The molecule has 0 aliphatic heterocycles. The Kier molecular flexibility index (Phi) is 23.2. The van der Waals surface area contributed by atoms with Gasteiger partial charge in [0.15, 0.2) is 23.1 Å². The van der Waals surface area contributed by atoms with Crippen molar-refractivity contribution < 1.29 is 39.6 Å². The highest BCUT2D eigenvalue weighted by Crippen LogP contribution is 2.50. The molecule has 2 aromatic carbocycles. The third kappa shape index (κ3) is 15.9. The van der Waals surface area contributed by atoms with Gasteiger partial charge in [0.2, 0.25) is 0 Å². The Labute approximate surface area is 423 Å². The number of rotatable bonds is 26. The summed E-state index contributed by atoms with van der Waals surface area (Å²) in [5.41, 5.74) is 2.64. The Hall–Kier alpha value is -4.72. The van der Waals surface area contributed by atoms with Crippen LogP contribution in [-0.2, 0) is 32.0 Å². The molecular weight excluding hydrogens is 873 g/mol. The summed E-state index contributed by atoms with van der Waals surface area (Å²) in [7, 11) is 0. The summed E-state index contributed by atoms with van der Waals surface area (Å²) in [6.07, 6.45) is 8.69. The molecule has 0 saturated heterocycles. The molecule has 0 unspecified atom stereocenters. The van der Waals surface area contributed by atoms with Crippen LogP contribution in [0.4, 0.5) is 0 Å². The van der Waals surface area contributed by atoms with Crippen molar-refractivity contribution in [1.29, 1.82) is 0 Å². The zero-order chi connectivity index (χ0) is 52.7.